The van der Waals surface area contributed by atoms with Gasteiger partial charge in [-0.1, -0.05) is 35.9 Å². The van der Waals surface area contributed by atoms with Crippen molar-refractivity contribution >= 4 is 23.2 Å². The quantitative estimate of drug-likeness (QED) is 0.629. The maximum atomic E-state index is 9.20. The first-order valence-electron chi connectivity index (χ1n) is 4.96. The summed E-state index contributed by atoms with van der Waals surface area (Å²) in [6.45, 7) is 0.372. The molecule has 0 bridgehead atoms. The fraction of sp³-hybridized carbons (Fsp3) is 0.333. The molecule has 1 atom stereocenters. The number of hydrogen-bond donors (Lipinski definition) is 1. The van der Waals surface area contributed by atoms with Gasteiger partial charge in [-0.05, 0) is 17.7 Å². The molecular weight excluding hydrogens is 247 g/mol. The SMILES string of the molecule is OC[C@H](OC/C=C\CCl)c1ccc(Cl)cc1. The molecule has 1 aromatic rings. The van der Waals surface area contributed by atoms with Crippen LogP contribution in [0, 0.1) is 0 Å². The van der Waals surface area contributed by atoms with Crippen molar-refractivity contribution in [1.82, 2.24) is 0 Å². The van der Waals surface area contributed by atoms with Crippen LogP contribution in [0.5, 0.6) is 0 Å². The number of aliphatic hydroxyl groups is 1. The minimum Gasteiger partial charge on any atom is -0.393 e. The first-order chi connectivity index (χ1) is 7.77. The molecule has 0 saturated heterocycles. The molecule has 1 N–H and O–H groups in total. The average molecular weight is 261 g/mol. The van der Waals surface area contributed by atoms with Gasteiger partial charge in [0, 0.05) is 10.9 Å². The van der Waals surface area contributed by atoms with E-state index < -0.39 is 0 Å². The molecule has 0 radical (unpaired) electrons. The van der Waals surface area contributed by atoms with Crippen LogP contribution in [-0.2, 0) is 4.74 Å². The Morgan fingerprint density at radius 2 is 1.94 bits per heavy atom. The van der Waals surface area contributed by atoms with Gasteiger partial charge in [-0.15, -0.1) is 11.6 Å². The van der Waals surface area contributed by atoms with Gasteiger partial charge in [0.1, 0.15) is 6.10 Å². The minimum atomic E-state index is -0.322. The fourth-order valence-electron chi connectivity index (χ4n) is 1.23. The van der Waals surface area contributed by atoms with Crippen molar-refractivity contribution in [3.05, 3.63) is 47.0 Å². The zero-order chi connectivity index (χ0) is 11.8. The zero-order valence-corrected chi connectivity index (χ0v) is 10.3. The van der Waals surface area contributed by atoms with E-state index in [2.05, 4.69) is 0 Å². The third-order valence-corrected chi connectivity index (χ3v) is 2.49. The average Bonchev–Trinajstić information content (AvgIpc) is 2.31. The van der Waals surface area contributed by atoms with Crippen molar-refractivity contribution in [2.45, 2.75) is 6.10 Å². The summed E-state index contributed by atoms with van der Waals surface area (Å²) < 4.78 is 5.48. The Hall–Kier alpha value is -0.540. The van der Waals surface area contributed by atoms with Crippen LogP contribution in [0.25, 0.3) is 0 Å². The molecule has 88 valence electrons. The summed E-state index contributed by atoms with van der Waals surface area (Å²) in [7, 11) is 0. The van der Waals surface area contributed by atoms with Crippen molar-refractivity contribution in [2.24, 2.45) is 0 Å². The Morgan fingerprint density at radius 3 is 2.50 bits per heavy atom. The topological polar surface area (TPSA) is 29.5 Å². The summed E-state index contributed by atoms with van der Waals surface area (Å²) in [6.07, 6.45) is 3.31. The number of ether oxygens (including phenoxy) is 1. The molecule has 1 aromatic carbocycles. The molecule has 1 rings (SSSR count). The molecule has 0 amide bonds. The minimum absolute atomic E-state index is 0.0592. The van der Waals surface area contributed by atoms with E-state index in [0.717, 1.165) is 5.56 Å². The van der Waals surface area contributed by atoms with Gasteiger partial charge < -0.3 is 9.84 Å². The Labute approximate surface area is 105 Å². The Kier molecular flexibility index (Phi) is 6.50. The maximum Gasteiger partial charge on any atom is 0.106 e. The summed E-state index contributed by atoms with van der Waals surface area (Å²) in [5, 5.41) is 9.87. The second-order valence-electron chi connectivity index (χ2n) is 3.18. The first kappa shape index (κ1) is 13.5. The summed E-state index contributed by atoms with van der Waals surface area (Å²) in [6, 6.07) is 7.23. The lowest BCUT2D eigenvalue weighted by Gasteiger charge is -2.14. The highest BCUT2D eigenvalue weighted by Crippen LogP contribution is 2.19. The lowest BCUT2D eigenvalue weighted by Crippen LogP contribution is -2.08. The molecule has 0 fully saturated rings. The van der Waals surface area contributed by atoms with Crippen molar-refractivity contribution in [1.29, 1.82) is 0 Å². The molecule has 16 heavy (non-hydrogen) atoms. The van der Waals surface area contributed by atoms with Crippen LogP contribution in [0.2, 0.25) is 5.02 Å². The largest absolute Gasteiger partial charge is 0.393 e. The van der Waals surface area contributed by atoms with E-state index in [9.17, 15) is 5.11 Å². The zero-order valence-electron chi connectivity index (χ0n) is 8.77. The second kappa shape index (κ2) is 7.69. The van der Waals surface area contributed by atoms with Crippen LogP contribution >= 0.6 is 23.2 Å². The monoisotopic (exact) mass is 260 g/mol. The first-order valence-corrected chi connectivity index (χ1v) is 5.88. The van der Waals surface area contributed by atoms with E-state index in [4.69, 9.17) is 27.9 Å². The Morgan fingerprint density at radius 1 is 1.25 bits per heavy atom. The predicted molar refractivity (Wildman–Crippen MR) is 67.1 cm³/mol. The number of alkyl halides is 1. The summed E-state index contributed by atoms with van der Waals surface area (Å²) in [4.78, 5) is 0. The molecule has 2 nitrogen and oxygen atoms in total. The van der Waals surface area contributed by atoms with Gasteiger partial charge >= 0.3 is 0 Å². The van der Waals surface area contributed by atoms with Crippen LogP contribution in [0.4, 0.5) is 0 Å². The summed E-state index contributed by atoms with van der Waals surface area (Å²) in [5.74, 6) is 0.466. The standard InChI is InChI=1S/C12H14Cl2O2/c13-7-1-2-8-16-12(9-15)10-3-5-11(14)6-4-10/h1-6,12,15H,7-9H2/b2-1-/t12-/m0/s1. The Bertz CT molecular complexity index is 322. The number of halogens is 2. The normalized spacial score (nSPS) is 13.2. The van der Waals surface area contributed by atoms with E-state index >= 15 is 0 Å². The fourth-order valence-corrected chi connectivity index (χ4v) is 1.49. The van der Waals surface area contributed by atoms with E-state index in [1.807, 2.05) is 18.2 Å². The van der Waals surface area contributed by atoms with E-state index in [1.165, 1.54) is 0 Å². The van der Waals surface area contributed by atoms with Crippen LogP contribution < -0.4 is 0 Å². The molecule has 0 aliphatic rings. The van der Waals surface area contributed by atoms with Gasteiger partial charge in [0.2, 0.25) is 0 Å². The van der Waals surface area contributed by atoms with Crippen molar-refractivity contribution in [3.8, 4) is 0 Å². The number of benzene rings is 1. The predicted octanol–water partition coefficient (Wildman–Crippen LogP) is 3.19. The number of aliphatic hydroxyl groups excluding tert-OH is 1. The third kappa shape index (κ3) is 4.54. The smallest absolute Gasteiger partial charge is 0.106 e. The number of allylic oxidation sites excluding steroid dienone is 1. The van der Waals surface area contributed by atoms with Crippen molar-refractivity contribution in [3.63, 3.8) is 0 Å². The summed E-state index contributed by atoms with van der Waals surface area (Å²) >= 11 is 11.3. The van der Waals surface area contributed by atoms with Crippen LogP contribution in [0.15, 0.2) is 36.4 Å². The maximum absolute atomic E-state index is 9.20. The van der Waals surface area contributed by atoms with Gasteiger partial charge in [0.15, 0.2) is 0 Å². The van der Waals surface area contributed by atoms with Crippen LogP contribution in [0.3, 0.4) is 0 Å². The molecule has 0 saturated carbocycles. The van der Waals surface area contributed by atoms with Gasteiger partial charge in [-0.25, -0.2) is 0 Å². The Balaban J connectivity index is 2.53. The van der Waals surface area contributed by atoms with Crippen LogP contribution in [-0.4, -0.2) is 24.2 Å². The van der Waals surface area contributed by atoms with Crippen molar-refractivity contribution < 1.29 is 9.84 Å². The highest BCUT2D eigenvalue weighted by molar-refractivity contribution is 6.30. The lowest BCUT2D eigenvalue weighted by atomic mass is 10.1. The molecule has 4 heteroatoms. The molecule has 0 heterocycles. The van der Waals surface area contributed by atoms with Crippen LogP contribution in [0.1, 0.15) is 11.7 Å². The van der Waals surface area contributed by atoms with Crippen molar-refractivity contribution in [2.75, 3.05) is 19.1 Å². The van der Waals surface area contributed by atoms with Gasteiger partial charge in [-0.3, -0.25) is 0 Å². The highest BCUT2D eigenvalue weighted by Gasteiger charge is 2.09. The molecule has 0 spiro atoms. The van der Waals surface area contributed by atoms with Gasteiger partial charge in [0.25, 0.3) is 0 Å². The van der Waals surface area contributed by atoms with E-state index in [-0.39, 0.29) is 12.7 Å². The number of hydrogen-bond acceptors (Lipinski definition) is 2. The van der Waals surface area contributed by atoms with E-state index in [0.29, 0.717) is 17.5 Å². The third-order valence-electron chi connectivity index (χ3n) is 2.06. The number of rotatable bonds is 6. The van der Waals surface area contributed by atoms with E-state index in [1.54, 1.807) is 18.2 Å². The molecular formula is C12H14Cl2O2. The summed E-state index contributed by atoms with van der Waals surface area (Å²) in [5.41, 5.74) is 0.908. The lowest BCUT2D eigenvalue weighted by molar-refractivity contribution is 0.0274. The van der Waals surface area contributed by atoms with Gasteiger partial charge in [0.05, 0.1) is 13.2 Å². The molecule has 0 aliphatic heterocycles. The van der Waals surface area contributed by atoms with Gasteiger partial charge in [-0.2, -0.15) is 0 Å². The second-order valence-corrected chi connectivity index (χ2v) is 3.93. The highest BCUT2D eigenvalue weighted by atomic mass is 35.5. The molecule has 0 unspecified atom stereocenters. The molecule has 0 aliphatic carbocycles. The molecule has 0 aromatic heterocycles.